The molecule has 1 aromatic rings. The molecule has 124 valence electrons. The maximum absolute atomic E-state index is 12.5. The number of hydrogen-bond donors (Lipinski definition) is 1. The zero-order valence-electron chi connectivity index (χ0n) is 11.5. The van der Waals surface area contributed by atoms with Crippen LogP contribution in [-0.4, -0.2) is 43.7 Å². The Morgan fingerprint density at radius 2 is 1.95 bits per heavy atom. The molecule has 1 atom stereocenters. The molecule has 11 heteroatoms. The number of nitro benzene ring substituents is 1. The van der Waals surface area contributed by atoms with Crippen LogP contribution in [0, 0.1) is 10.1 Å². The van der Waals surface area contributed by atoms with Gasteiger partial charge in [-0.1, -0.05) is 0 Å². The van der Waals surface area contributed by atoms with Gasteiger partial charge in [-0.15, -0.1) is 0 Å². The Kier molecular flexibility index (Phi) is 5.03. The van der Waals surface area contributed by atoms with Crippen LogP contribution in [0.25, 0.3) is 0 Å². The number of alkyl halides is 3. The van der Waals surface area contributed by atoms with Crippen molar-refractivity contribution in [3.05, 3.63) is 28.3 Å². The van der Waals surface area contributed by atoms with Crippen molar-refractivity contribution in [3.63, 3.8) is 0 Å². The molecular weight excluding hydrogens is 329 g/mol. The number of nitro groups is 1. The lowest BCUT2D eigenvalue weighted by molar-refractivity contribution is -0.384. The lowest BCUT2D eigenvalue weighted by Crippen LogP contribution is -2.28. The predicted molar refractivity (Wildman–Crippen MR) is 71.3 cm³/mol. The molecule has 0 bridgehead atoms. The summed E-state index contributed by atoms with van der Waals surface area (Å²) in [6, 6.07) is 1.90. The molecule has 0 amide bonds. The van der Waals surface area contributed by atoms with Crippen LogP contribution < -0.4 is 4.90 Å². The number of nitrogens with zero attached hydrogens (tertiary/aromatic N) is 2. The molecule has 0 aliphatic carbocycles. The maximum Gasteiger partial charge on any atom is 0.501 e. The van der Waals surface area contributed by atoms with Crippen LogP contribution in [0.5, 0.6) is 0 Å². The van der Waals surface area contributed by atoms with Gasteiger partial charge >= 0.3 is 5.51 Å². The second kappa shape index (κ2) is 6.08. The van der Waals surface area contributed by atoms with Crippen molar-refractivity contribution in [3.8, 4) is 0 Å². The fourth-order valence-corrected chi connectivity index (χ4v) is 2.55. The van der Waals surface area contributed by atoms with E-state index in [4.69, 9.17) is 0 Å². The predicted octanol–water partition coefficient (Wildman–Crippen LogP) is 1.71. The van der Waals surface area contributed by atoms with E-state index in [1.165, 1.54) is 18.9 Å². The molecule has 0 radical (unpaired) electrons. The second-order valence-electron chi connectivity index (χ2n) is 4.59. The van der Waals surface area contributed by atoms with Crippen LogP contribution in [0.1, 0.15) is 6.92 Å². The number of hydrogen-bond acceptors (Lipinski definition) is 6. The van der Waals surface area contributed by atoms with Gasteiger partial charge < -0.3 is 10.0 Å². The largest absolute Gasteiger partial charge is 0.501 e. The summed E-state index contributed by atoms with van der Waals surface area (Å²) in [7, 11) is -4.29. The molecule has 0 aliphatic rings. The lowest BCUT2D eigenvalue weighted by atomic mass is 10.2. The maximum atomic E-state index is 12.5. The van der Waals surface area contributed by atoms with E-state index in [1.54, 1.807) is 0 Å². The molecule has 1 aromatic carbocycles. The molecule has 1 N–H and O–H groups in total. The van der Waals surface area contributed by atoms with Crippen LogP contribution in [0.15, 0.2) is 23.1 Å². The Morgan fingerprint density at radius 3 is 2.36 bits per heavy atom. The van der Waals surface area contributed by atoms with E-state index in [-0.39, 0.29) is 12.2 Å². The van der Waals surface area contributed by atoms with Gasteiger partial charge in [0.05, 0.1) is 15.9 Å². The number of aliphatic hydroxyl groups excluding tert-OH is 1. The van der Waals surface area contributed by atoms with E-state index in [0.29, 0.717) is 12.1 Å². The van der Waals surface area contributed by atoms with Crippen molar-refractivity contribution < 1.29 is 31.6 Å². The van der Waals surface area contributed by atoms with E-state index in [0.717, 1.165) is 6.07 Å². The molecule has 7 nitrogen and oxygen atoms in total. The van der Waals surface area contributed by atoms with Crippen LogP contribution in [-0.2, 0) is 9.84 Å². The molecule has 0 aliphatic heterocycles. The van der Waals surface area contributed by atoms with Crippen molar-refractivity contribution in [1.82, 2.24) is 0 Å². The average molecular weight is 342 g/mol. The van der Waals surface area contributed by atoms with Crippen LogP contribution in [0.4, 0.5) is 24.5 Å². The van der Waals surface area contributed by atoms with Gasteiger partial charge in [0.2, 0.25) is 0 Å². The van der Waals surface area contributed by atoms with Crippen LogP contribution in [0.2, 0.25) is 0 Å². The van der Waals surface area contributed by atoms with Gasteiger partial charge in [0.15, 0.2) is 0 Å². The SMILES string of the molecule is CC(O)CN(C)c1ccc(S(=O)(=O)C(F)(F)F)cc1[N+](=O)[O-]. The molecule has 0 heterocycles. The molecule has 1 unspecified atom stereocenters. The molecule has 1 rings (SSSR count). The zero-order valence-corrected chi connectivity index (χ0v) is 12.3. The molecule has 0 saturated carbocycles. The number of halogens is 3. The number of anilines is 1. The van der Waals surface area contributed by atoms with Gasteiger partial charge in [-0.25, -0.2) is 8.42 Å². The number of aliphatic hydroxyl groups is 1. The summed E-state index contributed by atoms with van der Waals surface area (Å²) >= 11 is 0. The molecule has 0 aromatic heterocycles. The van der Waals surface area contributed by atoms with Crippen LogP contribution in [0.3, 0.4) is 0 Å². The van der Waals surface area contributed by atoms with Crippen molar-refractivity contribution >= 4 is 21.2 Å². The van der Waals surface area contributed by atoms with Gasteiger partial charge in [-0.2, -0.15) is 13.2 Å². The summed E-state index contributed by atoms with van der Waals surface area (Å²) in [4.78, 5) is 10.0. The topological polar surface area (TPSA) is 101 Å². The number of sulfone groups is 1. The molecule has 22 heavy (non-hydrogen) atoms. The fraction of sp³-hybridized carbons (Fsp3) is 0.455. The molecule has 0 fully saturated rings. The van der Waals surface area contributed by atoms with Gasteiger partial charge in [0.1, 0.15) is 5.69 Å². The monoisotopic (exact) mass is 342 g/mol. The first kappa shape index (κ1) is 18.2. The Bertz CT molecular complexity index is 673. The van der Waals surface area contributed by atoms with E-state index in [2.05, 4.69) is 0 Å². The molecule has 0 saturated heterocycles. The minimum absolute atomic E-state index is 0.0216. The van der Waals surface area contributed by atoms with Crippen molar-refractivity contribution in [2.24, 2.45) is 0 Å². The highest BCUT2D eigenvalue weighted by Crippen LogP contribution is 2.35. The van der Waals surface area contributed by atoms with Crippen molar-refractivity contribution in [2.45, 2.75) is 23.4 Å². The summed E-state index contributed by atoms with van der Waals surface area (Å²) < 4.78 is 60.0. The molecular formula is C11H13F3N2O5S. The van der Waals surface area contributed by atoms with E-state index in [1.807, 2.05) is 0 Å². The van der Waals surface area contributed by atoms with Gasteiger partial charge in [0, 0.05) is 19.7 Å². The Morgan fingerprint density at radius 1 is 1.41 bits per heavy atom. The number of rotatable bonds is 5. The van der Waals surface area contributed by atoms with Gasteiger partial charge in [-0.05, 0) is 19.1 Å². The Balaban J connectivity index is 3.42. The normalized spacial score (nSPS) is 13.7. The average Bonchev–Trinajstić information content (AvgIpc) is 2.35. The van der Waals surface area contributed by atoms with Crippen molar-refractivity contribution in [1.29, 1.82) is 0 Å². The minimum atomic E-state index is -5.67. The zero-order chi connectivity index (χ0) is 17.3. The summed E-state index contributed by atoms with van der Waals surface area (Å²) in [6.45, 7) is 1.40. The summed E-state index contributed by atoms with van der Waals surface area (Å²) in [5.74, 6) is 0. The highest BCUT2D eigenvalue weighted by Gasteiger charge is 2.47. The molecule has 0 spiro atoms. The fourth-order valence-electron chi connectivity index (χ4n) is 1.77. The van der Waals surface area contributed by atoms with E-state index in [9.17, 15) is 36.8 Å². The third-order valence-electron chi connectivity index (χ3n) is 2.71. The number of benzene rings is 1. The second-order valence-corrected chi connectivity index (χ2v) is 6.53. The minimum Gasteiger partial charge on any atom is -0.392 e. The third kappa shape index (κ3) is 3.65. The first-order chi connectivity index (χ1) is 9.87. The van der Waals surface area contributed by atoms with Crippen molar-refractivity contribution in [2.75, 3.05) is 18.5 Å². The van der Waals surface area contributed by atoms with E-state index >= 15 is 0 Å². The standard InChI is InChI=1S/C11H13F3N2O5S/c1-7(17)6-15(2)9-4-3-8(5-10(9)16(18)19)22(20,21)11(12,13)14/h3-5,7,17H,6H2,1-2H3. The van der Waals surface area contributed by atoms with Crippen LogP contribution >= 0.6 is 0 Å². The highest BCUT2D eigenvalue weighted by atomic mass is 32.2. The third-order valence-corrected chi connectivity index (χ3v) is 4.19. The highest BCUT2D eigenvalue weighted by molar-refractivity contribution is 7.92. The first-order valence-electron chi connectivity index (χ1n) is 5.87. The van der Waals surface area contributed by atoms with Gasteiger partial charge in [0.25, 0.3) is 15.5 Å². The smallest absolute Gasteiger partial charge is 0.392 e. The van der Waals surface area contributed by atoms with Gasteiger partial charge in [-0.3, -0.25) is 10.1 Å². The number of likely N-dealkylation sites (N-methyl/N-ethyl adjacent to an activating group) is 1. The quantitative estimate of drug-likeness (QED) is 0.646. The summed E-state index contributed by atoms with van der Waals surface area (Å²) in [5, 5.41) is 20.2. The summed E-state index contributed by atoms with van der Waals surface area (Å²) in [5.41, 5.74) is -6.45. The van der Waals surface area contributed by atoms with E-state index < -0.39 is 37.0 Å². The Hall–Kier alpha value is -1.88. The summed E-state index contributed by atoms with van der Waals surface area (Å²) in [6.07, 6.45) is -0.844. The first-order valence-corrected chi connectivity index (χ1v) is 7.35. The Labute approximate surface area is 124 Å². The lowest BCUT2D eigenvalue weighted by Gasteiger charge is -2.21.